The summed E-state index contributed by atoms with van der Waals surface area (Å²) in [7, 11) is 0. The van der Waals surface area contributed by atoms with E-state index < -0.39 is 5.97 Å². The lowest BCUT2D eigenvalue weighted by molar-refractivity contribution is 0.0698. The van der Waals surface area contributed by atoms with Crippen molar-refractivity contribution in [1.29, 1.82) is 0 Å². The van der Waals surface area contributed by atoms with Crippen molar-refractivity contribution in [2.45, 2.75) is 19.3 Å². The zero-order valence-electron chi connectivity index (χ0n) is 10.3. The number of hydrogen-bond acceptors (Lipinski definition) is 2. The quantitative estimate of drug-likeness (QED) is 0.795. The number of carboxylic acids is 1. The molecule has 0 bridgehead atoms. The Labute approximate surface area is 119 Å². The van der Waals surface area contributed by atoms with Gasteiger partial charge in [0.25, 0.3) is 0 Å². The number of rotatable bonds is 4. The highest BCUT2D eigenvalue weighted by Crippen LogP contribution is 2.25. The number of aromatic carboxylic acids is 1. The van der Waals surface area contributed by atoms with Gasteiger partial charge in [0.1, 0.15) is 0 Å². The molecule has 1 saturated carbocycles. The maximum Gasteiger partial charge on any atom is 0.337 e. The highest BCUT2D eigenvalue weighted by atomic mass is 79.9. The zero-order chi connectivity index (χ0) is 13.8. The van der Waals surface area contributed by atoms with Crippen molar-refractivity contribution >= 4 is 33.6 Å². The maximum atomic E-state index is 11.7. The van der Waals surface area contributed by atoms with Gasteiger partial charge in [0.2, 0.25) is 0 Å². The number of nitrogens with one attached hydrogen (secondary N) is 2. The first-order valence-corrected chi connectivity index (χ1v) is 6.93. The van der Waals surface area contributed by atoms with E-state index in [0.717, 1.165) is 12.8 Å². The van der Waals surface area contributed by atoms with Gasteiger partial charge in [0.15, 0.2) is 0 Å². The van der Waals surface area contributed by atoms with Crippen LogP contribution in [0.5, 0.6) is 0 Å². The van der Waals surface area contributed by atoms with Crippen LogP contribution in [0, 0.1) is 5.92 Å². The summed E-state index contributed by atoms with van der Waals surface area (Å²) in [5.74, 6) is -0.506. The van der Waals surface area contributed by atoms with Gasteiger partial charge < -0.3 is 15.7 Å². The number of carbonyl (C=O) groups excluding carboxylic acids is 1. The molecular weight excluding hydrogens is 312 g/mol. The summed E-state index contributed by atoms with van der Waals surface area (Å²) in [6.45, 7) is 0.641. The molecule has 2 amide bonds. The topological polar surface area (TPSA) is 78.4 Å². The standard InChI is InChI=1S/C13H15BrN2O3/c14-9-4-5-10(12(17)18)11(6-9)16-13(19)15-7-8-2-1-3-8/h4-6,8H,1-3,7H2,(H,17,18)(H2,15,16,19). The van der Waals surface area contributed by atoms with Crippen molar-refractivity contribution in [3.05, 3.63) is 28.2 Å². The van der Waals surface area contributed by atoms with Crippen LogP contribution in [0.3, 0.4) is 0 Å². The molecule has 0 spiro atoms. The van der Waals surface area contributed by atoms with Gasteiger partial charge in [-0.3, -0.25) is 0 Å². The van der Waals surface area contributed by atoms with Crippen LogP contribution in [0.4, 0.5) is 10.5 Å². The molecule has 0 unspecified atom stereocenters. The Kier molecular flexibility index (Phi) is 4.42. The monoisotopic (exact) mass is 326 g/mol. The Hall–Kier alpha value is -1.56. The lowest BCUT2D eigenvalue weighted by Gasteiger charge is -2.25. The Balaban J connectivity index is 1.98. The predicted molar refractivity (Wildman–Crippen MR) is 75.5 cm³/mol. The third-order valence-electron chi connectivity index (χ3n) is 3.24. The van der Waals surface area contributed by atoms with Crippen LogP contribution >= 0.6 is 15.9 Å². The summed E-state index contributed by atoms with van der Waals surface area (Å²) in [5.41, 5.74) is 0.356. The third kappa shape index (κ3) is 3.70. The first kappa shape index (κ1) is 13.9. The van der Waals surface area contributed by atoms with Gasteiger partial charge in [-0.05, 0) is 37.0 Å². The third-order valence-corrected chi connectivity index (χ3v) is 3.73. The van der Waals surface area contributed by atoms with E-state index in [0.29, 0.717) is 16.9 Å². The molecular formula is C13H15BrN2O3. The Morgan fingerprint density at radius 3 is 2.68 bits per heavy atom. The second-order valence-corrected chi connectivity index (χ2v) is 5.54. The molecule has 0 atom stereocenters. The van der Waals surface area contributed by atoms with Gasteiger partial charge in [0.05, 0.1) is 11.3 Å². The van der Waals surface area contributed by atoms with E-state index in [1.807, 2.05) is 0 Å². The summed E-state index contributed by atoms with van der Waals surface area (Å²) < 4.78 is 0.715. The molecule has 0 aromatic heterocycles. The van der Waals surface area contributed by atoms with Gasteiger partial charge in [-0.25, -0.2) is 9.59 Å². The molecule has 0 saturated heterocycles. The Morgan fingerprint density at radius 2 is 2.11 bits per heavy atom. The van der Waals surface area contributed by atoms with Gasteiger partial charge in [-0.15, -0.1) is 0 Å². The molecule has 102 valence electrons. The minimum absolute atomic E-state index is 0.0713. The molecule has 1 aliphatic rings. The molecule has 19 heavy (non-hydrogen) atoms. The minimum Gasteiger partial charge on any atom is -0.478 e. The summed E-state index contributed by atoms with van der Waals surface area (Å²) >= 11 is 3.25. The van der Waals surface area contributed by atoms with Gasteiger partial charge in [-0.2, -0.15) is 0 Å². The van der Waals surface area contributed by atoms with Crippen LogP contribution in [0.2, 0.25) is 0 Å². The maximum absolute atomic E-state index is 11.7. The van der Waals surface area contributed by atoms with E-state index in [-0.39, 0.29) is 17.3 Å². The molecule has 0 heterocycles. The molecule has 0 radical (unpaired) electrons. The molecule has 1 fully saturated rings. The lowest BCUT2D eigenvalue weighted by atomic mass is 9.85. The fourth-order valence-electron chi connectivity index (χ4n) is 1.91. The Bertz CT molecular complexity index is 501. The average Bonchev–Trinajstić information content (AvgIpc) is 2.26. The summed E-state index contributed by atoms with van der Waals surface area (Å²) in [4.78, 5) is 22.8. The highest BCUT2D eigenvalue weighted by molar-refractivity contribution is 9.10. The lowest BCUT2D eigenvalue weighted by Crippen LogP contribution is -2.35. The number of anilines is 1. The van der Waals surface area contributed by atoms with Crippen LogP contribution in [-0.4, -0.2) is 23.7 Å². The van der Waals surface area contributed by atoms with Crippen molar-refractivity contribution in [3.63, 3.8) is 0 Å². The number of benzene rings is 1. The molecule has 6 heteroatoms. The van der Waals surface area contributed by atoms with Crippen molar-refractivity contribution in [3.8, 4) is 0 Å². The summed E-state index contributed by atoms with van der Waals surface area (Å²) in [6, 6.07) is 4.29. The largest absolute Gasteiger partial charge is 0.478 e. The Morgan fingerprint density at radius 1 is 1.37 bits per heavy atom. The van der Waals surface area contributed by atoms with Crippen molar-refractivity contribution in [2.75, 3.05) is 11.9 Å². The van der Waals surface area contributed by atoms with Crippen LogP contribution in [0.25, 0.3) is 0 Å². The molecule has 1 aromatic rings. The fourth-order valence-corrected chi connectivity index (χ4v) is 2.27. The average molecular weight is 327 g/mol. The number of carboxylic acid groups (broad SMARTS) is 1. The van der Waals surface area contributed by atoms with E-state index in [9.17, 15) is 9.59 Å². The van der Waals surface area contributed by atoms with Crippen LogP contribution in [-0.2, 0) is 0 Å². The normalized spacial score (nSPS) is 14.6. The number of hydrogen-bond donors (Lipinski definition) is 3. The second kappa shape index (κ2) is 6.06. The highest BCUT2D eigenvalue weighted by Gasteiger charge is 2.18. The number of halogens is 1. The van der Waals surface area contributed by atoms with Gasteiger partial charge >= 0.3 is 12.0 Å². The first-order valence-electron chi connectivity index (χ1n) is 6.14. The van der Waals surface area contributed by atoms with Crippen molar-refractivity contribution in [1.82, 2.24) is 5.32 Å². The molecule has 5 nitrogen and oxygen atoms in total. The molecule has 3 N–H and O–H groups in total. The van der Waals surface area contributed by atoms with Crippen LogP contribution in [0.15, 0.2) is 22.7 Å². The summed E-state index contributed by atoms with van der Waals surface area (Å²) in [6.07, 6.45) is 3.53. The zero-order valence-corrected chi connectivity index (χ0v) is 11.9. The predicted octanol–water partition coefficient (Wildman–Crippen LogP) is 3.07. The SMILES string of the molecule is O=C(NCC1CCC1)Nc1cc(Br)ccc1C(=O)O. The van der Waals surface area contributed by atoms with Crippen LogP contribution in [0.1, 0.15) is 29.6 Å². The van der Waals surface area contributed by atoms with E-state index in [1.54, 1.807) is 12.1 Å². The number of carbonyl (C=O) groups is 2. The number of amides is 2. The summed E-state index contributed by atoms with van der Waals surface area (Å²) in [5, 5.41) is 14.4. The van der Waals surface area contributed by atoms with Gasteiger partial charge in [0, 0.05) is 11.0 Å². The smallest absolute Gasteiger partial charge is 0.337 e. The van der Waals surface area contributed by atoms with E-state index in [2.05, 4.69) is 26.6 Å². The van der Waals surface area contributed by atoms with Gasteiger partial charge in [-0.1, -0.05) is 22.4 Å². The van der Waals surface area contributed by atoms with Crippen LogP contribution < -0.4 is 10.6 Å². The second-order valence-electron chi connectivity index (χ2n) is 4.63. The molecule has 1 aliphatic carbocycles. The van der Waals surface area contributed by atoms with E-state index >= 15 is 0 Å². The first-order chi connectivity index (χ1) is 9.06. The molecule has 1 aromatic carbocycles. The van der Waals surface area contributed by atoms with E-state index in [1.165, 1.54) is 12.5 Å². The van der Waals surface area contributed by atoms with E-state index in [4.69, 9.17) is 5.11 Å². The number of urea groups is 1. The molecule has 0 aliphatic heterocycles. The molecule has 2 rings (SSSR count). The fraction of sp³-hybridized carbons (Fsp3) is 0.385. The van der Waals surface area contributed by atoms with Crippen molar-refractivity contribution in [2.24, 2.45) is 5.92 Å². The van der Waals surface area contributed by atoms with Crippen molar-refractivity contribution < 1.29 is 14.7 Å². The minimum atomic E-state index is -1.07.